The van der Waals surface area contributed by atoms with Crippen LogP contribution in [0.25, 0.3) is 0 Å². The molecule has 62 valence electrons. The highest BCUT2D eigenvalue weighted by atomic mass is 79.9. The Bertz CT molecular complexity index is 298. The number of ether oxygens (including phenoxy) is 1. The van der Waals surface area contributed by atoms with Gasteiger partial charge in [0.15, 0.2) is 0 Å². The monoisotopic (exact) mass is 290 g/mol. The highest BCUT2D eigenvalue weighted by Gasteiger charge is 2.39. The normalized spacial score (nSPS) is 23.8. The Balaban J connectivity index is 2.50. The number of hydrogen-bond donors (Lipinski definition) is 0. The van der Waals surface area contributed by atoms with Gasteiger partial charge >= 0.3 is 0 Å². The third-order valence-electron chi connectivity index (χ3n) is 1.60. The number of aliphatic imine (C=N–C) groups is 2. The van der Waals surface area contributed by atoms with Gasteiger partial charge in [0.25, 0.3) is 0 Å². The molecule has 0 aromatic heterocycles. The van der Waals surface area contributed by atoms with Gasteiger partial charge in [0.1, 0.15) is 12.5 Å². The topological polar surface area (TPSA) is 34.0 Å². The van der Waals surface area contributed by atoms with Crippen molar-refractivity contribution in [2.45, 2.75) is 5.66 Å². The molecule has 2 rings (SSSR count). The SMILES string of the molecule is BrC1=COC=C(Br)C12N=CC=N2. The summed E-state index contributed by atoms with van der Waals surface area (Å²) in [4.78, 5) is 8.46. The molecule has 2 aliphatic rings. The van der Waals surface area contributed by atoms with E-state index in [4.69, 9.17) is 4.74 Å². The molecule has 1 spiro atoms. The third-order valence-corrected chi connectivity index (χ3v) is 3.08. The Morgan fingerprint density at radius 1 is 1.08 bits per heavy atom. The molecule has 0 aliphatic carbocycles. The van der Waals surface area contributed by atoms with Crippen molar-refractivity contribution >= 4 is 44.3 Å². The molecule has 0 aromatic rings. The maximum absolute atomic E-state index is 5.02. The Kier molecular flexibility index (Phi) is 1.92. The number of halogens is 2. The molecular weight excluding hydrogens is 288 g/mol. The highest BCUT2D eigenvalue weighted by molar-refractivity contribution is 9.12. The van der Waals surface area contributed by atoms with Crippen LogP contribution in [0, 0.1) is 0 Å². The summed E-state index contributed by atoms with van der Waals surface area (Å²) in [6.45, 7) is 0. The summed E-state index contributed by atoms with van der Waals surface area (Å²) in [7, 11) is 0. The molecule has 2 aliphatic heterocycles. The second kappa shape index (κ2) is 2.81. The predicted molar refractivity (Wildman–Crippen MR) is 54.8 cm³/mol. The molecule has 5 heteroatoms. The highest BCUT2D eigenvalue weighted by Crippen LogP contribution is 2.42. The molecule has 2 heterocycles. The van der Waals surface area contributed by atoms with Crippen LogP contribution in [0.2, 0.25) is 0 Å². The van der Waals surface area contributed by atoms with Crippen LogP contribution >= 0.6 is 31.9 Å². The maximum Gasteiger partial charge on any atom is 0.220 e. The minimum Gasteiger partial charge on any atom is -0.471 e. The molecule has 12 heavy (non-hydrogen) atoms. The molecule has 0 amide bonds. The van der Waals surface area contributed by atoms with E-state index in [1.54, 1.807) is 25.0 Å². The summed E-state index contributed by atoms with van der Waals surface area (Å²) in [5.41, 5.74) is -0.641. The van der Waals surface area contributed by atoms with E-state index in [0.29, 0.717) is 0 Å². The quantitative estimate of drug-likeness (QED) is 0.674. The third kappa shape index (κ3) is 0.998. The lowest BCUT2D eigenvalue weighted by molar-refractivity contribution is 0.374. The summed E-state index contributed by atoms with van der Waals surface area (Å²) in [6.07, 6.45) is 6.47. The molecule has 0 N–H and O–H groups in total. The first kappa shape index (κ1) is 8.19. The van der Waals surface area contributed by atoms with Gasteiger partial charge in [-0.2, -0.15) is 0 Å². The Morgan fingerprint density at radius 2 is 1.58 bits per heavy atom. The fraction of sp³-hybridized carbons (Fsp3) is 0.143. The second-order valence-electron chi connectivity index (χ2n) is 2.30. The molecule has 0 atom stereocenters. The Hall–Kier alpha value is -0.420. The van der Waals surface area contributed by atoms with Crippen LogP contribution in [0.5, 0.6) is 0 Å². The van der Waals surface area contributed by atoms with Gasteiger partial charge in [0, 0.05) is 12.4 Å². The minimum absolute atomic E-state index is 0.641. The van der Waals surface area contributed by atoms with Crippen LogP contribution in [0.4, 0.5) is 0 Å². The van der Waals surface area contributed by atoms with E-state index in [0.717, 1.165) is 8.96 Å². The van der Waals surface area contributed by atoms with Crippen molar-refractivity contribution < 1.29 is 4.74 Å². The summed E-state index contributed by atoms with van der Waals surface area (Å²) >= 11 is 6.70. The van der Waals surface area contributed by atoms with E-state index in [-0.39, 0.29) is 0 Å². The molecule has 0 aromatic carbocycles. The molecule has 0 unspecified atom stereocenters. The molecule has 0 saturated heterocycles. The van der Waals surface area contributed by atoms with Crippen molar-refractivity contribution in [3.05, 3.63) is 21.5 Å². The van der Waals surface area contributed by atoms with Crippen LogP contribution in [-0.4, -0.2) is 18.1 Å². The Labute approximate surface area is 86.2 Å². The summed E-state index contributed by atoms with van der Waals surface area (Å²) in [6, 6.07) is 0. The second-order valence-corrected chi connectivity index (χ2v) is 4.00. The molecule has 0 saturated carbocycles. The van der Waals surface area contributed by atoms with Crippen molar-refractivity contribution in [2.24, 2.45) is 9.98 Å². The van der Waals surface area contributed by atoms with Crippen LogP contribution in [0.1, 0.15) is 0 Å². The van der Waals surface area contributed by atoms with Crippen LogP contribution in [0.15, 0.2) is 31.5 Å². The van der Waals surface area contributed by atoms with Crippen molar-refractivity contribution in [3.63, 3.8) is 0 Å². The van der Waals surface area contributed by atoms with Gasteiger partial charge < -0.3 is 4.74 Å². The van der Waals surface area contributed by atoms with Gasteiger partial charge in [0.05, 0.1) is 8.96 Å². The number of nitrogens with zero attached hydrogens (tertiary/aromatic N) is 2. The van der Waals surface area contributed by atoms with E-state index in [1.807, 2.05) is 0 Å². The lowest BCUT2D eigenvalue weighted by Gasteiger charge is -2.24. The largest absolute Gasteiger partial charge is 0.471 e. The van der Waals surface area contributed by atoms with Crippen LogP contribution in [-0.2, 0) is 4.74 Å². The predicted octanol–water partition coefficient (Wildman–Crippen LogP) is 2.34. The van der Waals surface area contributed by atoms with E-state index < -0.39 is 5.66 Å². The average molecular weight is 292 g/mol. The molecule has 0 fully saturated rings. The number of hydrogen-bond acceptors (Lipinski definition) is 3. The lowest BCUT2D eigenvalue weighted by atomic mass is 10.2. The zero-order chi connectivity index (χ0) is 8.60. The smallest absolute Gasteiger partial charge is 0.220 e. The molecular formula is C7H4Br2N2O. The van der Waals surface area contributed by atoms with E-state index in [2.05, 4.69) is 41.8 Å². The summed E-state index contributed by atoms with van der Waals surface area (Å²) < 4.78 is 6.59. The van der Waals surface area contributed by atoms with Crippen molar-refractivity contribution in [2.75, 3.05) is 0 Å². The summed E-state index contributed by atoms with van der Waals surface area (Å²) in [5.74, 6) is 0. The van der Waals surface area contributed by atoms with Gasteiger partial charge in [-0.1, -0.05) is 0 Å². The standard InChI is InChI=1S/C7H4Br2N2O/c8-5-3-12-4-6(9)7(5)10-1-2-11-7/h1-4H. The summed E-state index contributed by atoms with van der Waals surface area (Å²) in [5, 5.41) is 0. The van der Waals surface area contributed by atoms with Gasteiger partial charge in [-0.05, 0) is 31.9 Å². The van der Waals surface area contributed by atoms with E-state index >= 15 is 0 Å². The molecule has 0 radical (unpaired) electrons. The average Bonchev–Trinajstić information content (AvgIpc) is 2.50. The van der Waals surface area contributed by atoms with Gasteiger partial charge in [-0.25, -0.2) is 0 Å². The minimum atomic E-state index is -0.641. The van der Waals surface area contributed by atoms with E-state index in [9.17, 15) is 0 Å². The lowest BCUT2D eigenvalue weighted by Crippen LogP contribution is -2.24. The van der Waals surface area contributed by atoms with Crippen molar-refractivity contribution in [1.82, 2.24) is 0 Å². The Morgan fingerprint density at radius 3 is 2.08 bits per heavy atom. The van der Waals surface area contributed by atoms with E-state index in [1.165, 1.54) is 0 Å². The zero-order valence-electron chi connectivity index (χ0n) is 5.87. The van der Waals surface area contributed by atoms with Crippen molar-refractivity contribution in [1.29, 1.82) is 0 Å². The zero-order valence-corrected chi connectivity index (χ0v) is 9.04. The molecule has 0 bridgehead atoms. The van der Waals surface area contributed by atoms with Gasteiger partial charge in [-0.15, -0.1) is 0 Å². The van der Waals surface area contributed by atoms with Crippen LogP contribution < -0.4 is 0 Å². The molecule has 3 nitrogen and oxygen atoms in total. The van der Waals surface area contributed by atoms with Crippen molar-refractivity contribution in [3.8, 4) is 0 Å². The number of rotatable bonds is 0. The first-order chi connectivity index (χ1) is 5.76. The fourth-order valence-corrected chi connectivity index (χ4v) is 2.31. The van der Waals surface area contributed by atoms with Gasteiger partial charge in [0.2, 0.25) is 5.66 Å². The van der Waals surface area contributed by atoms with Gasteiger partial charge in [-0.3, -0.25) is 9.98 Å². The first-order valence-electron chi connectivity index (χ1n) is 3.22. The first-order valence-corrected chi connectivity index (χ1v) is 4.81. The van der Waals surface area contributed by atoms with Crippen LogP contribution in [0.3, 0.4) is 0 Å². The fourth-order valence-electron chi connectivity index (χ4n) is 0.994. The maximum atomic E-state index is 5.02.